The van der Waals surface area contributed by atoms with Gasteiger partial charge in [0, 0.05) is 31.2 Å². The maximum atomic E-state index is 12.7. The molecule has 2 aliphatic rings. The standard InChI is InChI=1S/C16H25N5O2/c1-20-6-2-3-12(10-20)16(23)21-7-4-11(5-8-21)13-9-14(15(17)22)19-18-13/h9,11-12H,2-8,10H2,1H3,(H2,17,22)(H,18,19). The molecule has 2 fully saturated rings. The van der Waals surface area contributed by atoms with Crippen molar-refractivity contribution in [1.82, 2.24) is 20.0 Å². The van der Waals surface area contributed by atoms with E-state index in [2.05, 4.69) is 22.1 Å². The Hall–Kier alpha value is -1.89. The molecule has 0 spiro atoms. The van der Waals surface area contributed by atoms with Crippen LogP contribution in [0.25, 0.3) is 0 Å². The van der Waals surface area contributed by atoms with E-state index in [1.807, 2.05) is 4.90 Å². The number of primary amides is 1. The molecule has 3 rings (SSSR count). The zero-order valence-electron chi connectivity index (χ0n) is 13.6. The molecular formula is C16H25N5O2. The minimum atomic E-state index is -0.512. The summed E-state index contributed by atoms with van der Waals surface area (Å²) in [5, 5.41) is 6.85. The Kier molecular flexibility index (Phi) is 4.66. The summed E-state index contributed by atoms with van der Waals surface area (Å²) in [6.07, 6.45) is 3.91. The lowest BCUT2D eigenvalue weighted by atomic mass is 9.91. The van der Waals surface area contributed by atoms with E-state index in [4.69, 9.17) is 5.73 Å². The zero-order chi connectivity index (χ0) is 16.4. The Balaban J connectivity index is 1.55. The predicted octanol–water partition coefficient (Wildman–Crippen LogP) is 0.556. The maximum absolute atomic E-state index is 12.7. The predicted molar refractivity (Wildman–Crippen MR) is 85.9 cm³/mol. The number of carbonyl (C=O) groups excluding carboxylic acids is 2. The van der Waals surface area contributed by atoms with Crippen molar-refractivity contribution in [3.8, 4) is 0 Å². The van der Waals surface area contributed by atoms with E-state index in [1.54, 1.807) is 6.07 Å². The number of aromatic nitrogens is 2. The fourth-order valence-electron chi connectivity index (χ4n) is 3.71. The van der Waals surface area contributed by atoms with Crippen molar-refractivity contribution in [3.05, 3.63) is 17.5 Å². The van der Waals surface area contributed by atoms with E-state index in [9.17, 15) is 9.59 Å². The van der Waals surface area contributed by atoms with Gasteiger partial charge in [-0.15, -0.1) is 0 Å². The van der Waals surface area contributed by atoms with Crippen molar-refractivity contribution in [1.29, 1.82) is 0 Å². The van der Waals surface area contributed by atoms with E-state index < -0.39 is 5.91 Å². The number of rotatable bonds is 3. The largest absolute Gasteiger partial charge is 0.364 e. The average molecular weight is 319 g/mol. The Bertz CT molecular complexity index is 577. The van der Waals surface area contributed by atoms with E-state index in [-0.39, 0.29) is 11.6 Å². The molecule has 1 aromatic heterocycles. The van der Waals surface area contributed by atoms with E-state index in [0.717, 1.165) is 57.6 Å². The van der Waals surface area contributed by atoms with Crippen LogP contribution in [0.3, 0.4) is 0 Å². The number of hydrogen-bond donors (Lipinski definition) is 2. The second-order valence-electron chi connectivity index (χ2n) is 6.77. The van der Waals surface area contributed by atoms with Gasteiger partial charge in [-0.3, -0.25) is 14.7 Å². The molecule has 126 valence electrons. The third-order valence-corrected chi connectivity index (χ3v) is 5.07. The number of piperidine rings is 2. The summed E-state index contributed by atoms with van der Waals surface area (Å²) in [5.74, 6) is 0.256. The Morgan fingerprint density at radius 2 is 2.00 bits per heavy atom. The van der Waals surface area contributed by atoms with Crippen LogP contribution in [0.5, 0.6) is 0 Å². The molecule has 0 aliphatic carbocycles. The first-order valence-electron chi connectivity index (χ1n) is 8.37. The summed E-state index contributed by atoms with van der Waals surface area (Å²) < 4.78 is 0. The normalized spacial score (nSPS) is 23.9. The van der Waals surface area contributed by atoms with Crippen LogP contribution >= 0.6 is 0 Å². The number of nitrogens with two attached hydrogens (primary N) is 1. The van der Waals surface area contributed by atoms with Crippen molar-refractivity contribution >= 4 is 11.8 Å². The molecule has 23 heavy (non-hydrogen) atoms. The lowest BCUT2D eigenvalue weighted by molar-refractivity contribution is -0.138. The molecule has 1 unspecified atom stereocenters. The van der Waals surface area contributed by atoms with Crippen LogP contribution in [0.2, 0.25) is 0 Å². The second kappa shape index (κ2) is 6.70. The minimum Gasteiger partial charge on any atom is -0.364 e. The molecular weight excluding hydrogens is 294 g/mol. The van der Waals surface area contributed by atoms with Gasteiger partial charge in [-0.1, -0.05) is 0 Å². The van der Waals surface area contributed by atoms with Gasteiger partial charge < -0.3 is 15.5 Å². The maximum Gasteiger partial charge on any atom is 0.269 e. The molecule has 0 bridgehead atoms. The van der Waals surface area contributed by atoms with Crippen LogP contribution in [-0.4, -0.2) is 65.0 Å². The number of amides is 2. The monoisotopic (exact) mass is 319 g/mol. The van der Waals surface area contributed by atoms with Crippen molar-refractivity contribution in [2.45, 2.75) is 31.6 Å². The fraction of sp³-hybridized carbons (Fsp3) is 0.688. The molecule has 2 aliphatic heterocycles. The average Bonchev–Trinajstić information content (AvgIpc) is 3.04. The van der Waals surface area contributed by atoms with Gasteiger partial charge in [0.25, 0.3) is 5.91 Å². The lowest BCUT2D eigenvalue weighted by Crippen LogP contribution is -2.46. The Labute approximate surface area is 136 Å². The Morgan fingerprint density at radius 1 is 1.26 bits per heavy atom. The van der Waals surface area contributed by atoms with Crippen LogP contribution in [0.4, 0.5) is 0 Å². The minimum absolute atomic E-state index is 0.152. The highest BCUT2D eigenvalue weighted by Gasteiger charge is 2.31. The van der Waals surface area contributed by atoms with Crippen LogP contribution < -0.4 is 5.73 Å². The quantitative estimate of drug-likeness (QED) is 0.851. The first-order valence-corrected chi connectivity index (χ1v) is 8.37. The first-order chi connectivity index (χ1) is 11.0. The molecule has 0 radical (unpaired) electrons. The summed E-state index contributed by atoms with van der Waals surface area (Å²) in [4.78, 5) is 28.0. The summed E-state index contributed by atoms with van der Waals surface area (Å²) in [6, 6.07) is 1.74. The molecule has 1 atom stereocenters. The van der Waals surface area contributed by atoms with E-state index >= 15 is 0 Å². The third-order valence-electron chi connectivity index (χ3n) is 5.07. The smallest absolute Gasteiger partial charge is 0.269 e. The topological polar surface area (TPSA) is 95.3 Å². The molecule has 7 heteroatoms. The van der Waals surface area contributed by atoms with Crippen LogP contribution in [0, 0.1) is 5.92 Å². The summed E-state index contributed by atoms with van der Waals surface area (Å²) in [7, 11) is 2.08. The van der Waals surface area contributed by atoms with Crippen molar-refractivity contribution in [3.63, 3.8) is 0 Å². The highest BCUT2D eigenvalue weighted by atomic mass is 16.2. The SMILES string of the molecule is CN1CCCC(C(=O)N2CCC(c3cc(C(N)=O)n[nH]3)CC2)C1. The highest BCUT2D eigenvalue weighted by Crippen LogP contribution is 2.28. The van der Waals surface area contributed by atoms with Crippen molar-refractivity contribution in [2.24, 2.45) is 11.7 Å². The second-order valence-corrected chi connectivity index (χ2v) is 6.77. The van der Waals surface area contributed by atoms with Crippen LogP contribution in [0.1, 0.15) is 47.8 Å². The summed E-state index contributed by atoms with van der Waals surface area (Å²) >= 11 is 0. The van der Waals surface area contributed by atoms with Crippen LogP contribution in [-0.2, 0) is 4.79 Å². The van der Waals surface area contributed by atoms with Gasteiger partial charge >= 0.3 is 0 Å². The van der Waals surface area contributed by atoms with Gasteiger partial charge in [-0.2, -0.15) is 5.10 Å². The number of hydrogen-bond acceptors (Lipinski definition) is 4. The molecule has 2 saturated heterocycles. The number of H-pyrrole nitrogens is 1. The lowest BCUT2D eigenvalue weighted by Gasteiger charge is -2.36. The fourth-order valence-corrected chi connectivity index (χ4v) is 3.71. The van der Waals surface area contributed by atoms with Gasteiger partial charge in [0.05, 0.1) is 5.92 Å². The van der Waals surface area contributed by atoms with Gasteiger partial charge in [0.2, 0.25) is 5.91 Å². The molecule has 2 amide bonds. The molecule has 3 heterocycles. The van der Waals surface area contributed by atoms with Crippen molar-refractivity contribution in [2.75, 3.05) is 33.2 Å². The van der Waals surface area contributed by atoms with Crippen LogP contribution in [0.15, 0.2) is 6.07 Å². The van der Waals surface area contributed by atoms with E-state index in [0.29, 0.717) is 11.8 Å². The number of likely N-dealkylation sites (tertiary alicyclic amines) is 2. The summed E-state index contributed by atoms with van der Waals surface area (Å²) in [5.41, 5.74) is 6.46. The molecule has 0 aromatic carbocycles. The number of carbonyl (C=O) groups is 2. The number of nitrogens with one attached hydrogen (secondary N) is 1. The zero-order valence-corrected chi connectivity index (χ0v) is 13.6. The molecule has 1 aromatic rings. The molecule has 7 nitrogen and oxygen atoms in total. The first kappa shape index (κ1) is 16.0. The number of nitrogens with zero attached hydrogens (tertiary/aromatic N) is 3. The summed E-state index contributed by atoms with van der Waals surface area (Å²) in [6.45, 7) is 3.51. The van der Waals surface area contributed by atoms with Gasteiger partial charge in [0.1, 0.15) is 5.69 Å². The van der Waals surface area contributed by atoms with Gasteiger partial charge in [-0.25, -0.2) is 0 Å². The van der Waals surface area contributed by atoms with Gasteiger partial charge in [-0.05, 0) is 45.3 Å². The van der Waals surface area contributed by atoms with Gasteiger partial charge in [0.15, 0.2) is 0 Å². The van der Waals surface area contributed by atoms with Crippen molar-refractivity contribution < 1.29 is 9.59 Å². The third kappa shape index (κ3) is 3.55. The molecule has 0 saturated carbocycles. The van der Waals surface area contributed by atoms with E-state index in [1.165, 1.54) is 0 Å². The highest BCUT2D eigenvalue weighted by molar-refractivity contribution is 5.90. The Morgan fingerprint density at radius 3 is 2.61 bits per heavy atom. The molecule has 3 N–H and O–H groups in total. The number of aromatic amines is 1.